The molecule has 0 bridgehead atoms. The van der Waals surface area contributed by atoms with Crippen LogP contribution in [0.4, 0.5) is 0 Å². The van der Waals surface area contributed by atoms with E-state index in [0.29, 0.717) is 0 Å². The van der Waals surface area contributed by atoms with Crippen molar-refractivity contribution < 1.29 is 0 Å². The minimum Gasteiger partial charge on any atom is -0.153 e. The molecule has 1 aliphatic rings. The van der Waals surface area contributed by atoms with Crippen LogP contribution in [0.2, 0.25) is 0 Å². The van der Waals surface area contributed by atoms with Crippen LogP contribution in [-0.4, -0.2) is 10.5 Å². The lowest BCUT2D eigenvalue weighted by Crippen LogP contribution is -1.87. The Bertz CT molecular complexity index is 53.2. The van der Waals surface area contributed by atoms with E-state index in [2.05, 4.69) is 25.6 Å². The van der Waals surface area contributed by atoms with E-state index in [4.69, 9.17) is 0 Å². The molecule has 0 spiro atoms. The van der Waals surface area contributed by atoms with Crippen molar-refractivity contribution in [3.63, 3.8) is 0 Å². The second-order valence-corrected chi connectivity index (χ2v) is 3.51. The third-order valence-corrected chi connectivity index (χ3v) is 3.20. The number of rotatable bonds is 2. The minimum atomic E-state index is 1.03. The molecule has 1 heteroatoms. The Balaban J connectivity index is 2.06. The van der Waals surface area contributed by atoms with Crippen LogP contribution in [0.5, 0.6) is 0 Å². The van der Waals surface area contributed by atoms with Gasteiger partial charge in [-0.25, -0.2) is 0 Å². The van der Waals surface area contributed by atoms with Crippen molar-refractivity contribution in [3.8, 4) is 0 Å². The highest BCUT2D eigenvalue weighted by Gasteiger charge is 2.33. The van der Waals surface area contributed by atoms with Gasteiger partial charge in [0.05, 0.1) is 0 Å². The zero-order chi connectivity index (χ0) is 5.28. The fraction of sp³-hybridized carbons (Fsp3) is 1.00. The quantitative estimate of drug-likeness (QED) is 0.499. The van der Waals surface area contributed by atoms with Gasteiger partial charge in [0, 0.05) is 10.5 Å². The fourth-order valence-electron chi connectivity index (χ4n) is 0.897. The largest absolute Gasteiger partial charge is 0.153 e. The van der Waals surface area contributed by atoms with Crippen molar-refractivity contribution in [2.75, 3.05) is 0 Å². The van der Waals surface area contributed by atoms with E-state index in [1.54, 1.807) is 0 Å². The van der Waals surface area contributed by atoms with Crippen LogP contribution in [0.15, 0.2) is 0 Å². The number of hydrogen-bond acceptors (Lipinski definition) is 1. The molecule has 1 saturated heterocycles. The highest BCUT2D eigenvalue weighted by molar-refractivity contribution is 8.07. The summed E-state index contributed by atoms with van der Waals surface area (Å²) in [4.78, 5) is 0. The van der Waals surface area contributed by atoms with Crippen LogP contribution in [-0.2, 0) is 0 Å². The predicted octanol–water partition coefficient (Wildman–Crippen LogP) is 2.29. The summed E-state index contributed by atoms with van der Waals surface area (Å²) in [6.07, 6.45) is 2.76. The van der Waals surface area contributed by atoms with E-state index >= 15 is 0 Å². The minimum absolute atomic E-state index is 1.03. The second-order valence-electron chi connectivity index (χ2n) is 2.03. The van der Waals surface area contributed by atoms with Gasteiger partial charge in [-0.1, -0.05) is 13.8 Å². The smallest absolute Gasteiger partial charge is 0.0167 e. The van der Waals surface area contributed by atoms with Gasteiger partial charge in [-0.2, -0.15) is 11.8 Å². The zero-order valence-electron chi connectivity index (χ0n) is 4.98. The van der Waals surface area contributed by atoms with E-state index in [-0.39, 0.29) is 0 Å². The first-order chi connectivity index (χ1) is 3.38. The Labute approximate surface area is 49.7 Å². The molecule has 1 aliphatic heterocycles. The van der Waals surface area contributed by atoms with E-state index in [1.807, 2.05) is 0 Å². The first kappa shape index (κ1) is 5.49. The molecule has 0 amide bonds. The van der Waals surface area contributed by atoms with Gasteiger partial charge in [0.15, 0.2) is 0 Å². The Morgan fingerprint density at radius 1 is 1.14 bits per heavy atom. The molecule has 0 radical (unpaired) electrons. The van der Waals surface area contributed by atoms with Gasteiger partial charge in [-0.3, -0.25) is 0 Å². The lowest BCUT2D eigenvalue weighted by Gasteiger charge is -1.81. The average Bonchev–Trinajstić information content (AvgIpc) is 2.43. The van der Waals surface area contributed by atoms with Crippen molar-refractivity contribution >= 4 is 11.8 Å². The lowest BCUT2D eigenvalue weighted by molar-refractivity contribution is 0.817. The Kier molecular flexibility index (Phi) is 1.63. The van der Waals surface area contributed by atoms with Gasteiger partial charge >= 0.3 is 0 Å². The molecule has 0 N–H and O–H groups in total. The van der Waals surface area contributed by atoms with Crippen molar-refractivity contribution in [1.29, 1.82) is 0 Å². The lowest BCUT2D eigenvalue weighted by atomic mass is 10.2. The van der Waals surface area contributed by atoms with Crippen molar-refractivity contribution in [3.05, 3.63) is 0 Å². The van der Waals surface area contributed by atoms with Gasteiger partial charge in [0.25, 0.3) is 0 Å². The average molecular weight is 116 g/mol. The Morgan fingerprint density at radius 2 is 1.57 bits per heavy atom. The predicted molar refractivity (Wildman–Crippen MR) is 35.7 cm³/mol. The molecule has 0 aromatic rings. The molecule has 1 fully saturated rings. The molecule has 42 valence electrons. The summed E-state index contributed by atoms with van der Waals surface area (Å²) in [5, 5.41) is 2.06. The molecule has 0 nitrogen and oxygen atoms in total. The molecule has 7 heavy (non-hydrogen) atoms. The highest BCUT2D eigenvalue weighted by atomic mass is 32.2. The van der Waals surface area contributed by atoms with Crippen LogP contribution in [0.25, 0.3) is 0 Å². The number of thioether (sulfide) groups is 1. The summed E-state index contributed by atoms with van der Waals surface area (Å²) >= 11 is 2.14. The van der Waals surface area contributed by atoms with Gasteiger partial charge in [-0.05, 0) is 12.8 Å². The van der Waals surface area contributed by atoms with Crippen LogP contribution < -0.4 is 0 Å². The fourth-order valence-corrected chi connectivity index (χ4v) is 2.03. The summed E-state index contributed by atoms with van der Waals surface area (Å²) in [5.74, 6) is 0. The van der Waals surface area contributed by atoms with Crippen LogP contribution in [0.3, 0.4) is 0 Å². The first-order valence-corrected chi connectivity index (χ1v) is 3.98. The topological polar surface area (TPSA) is 0 Å². The van der Waals surface area contributed by atoms with Gasteiger partial charge in [0.1, 0.15) is 0 Å². The second kappa shape index (κ2) is 2.08. The van der Waals surface area contributed by atoms with Gasteiger partial charge < -0.3 is 0 Å². The van der Waals surface area contributed by atoms with E-state index in [1.165, 1.54) is 12.8 Å². The van der Waals surface area contributed by atoms with Crippen molar-refractivity contribution in [2.45, 2.75) is 37.2 Å². The Hall–Kier alpha value is 0.350. The maximum atomic E-state index is 2.27. The third kappa shape index (κ3) is 1.12. The summed E-state index contributed by atoms with van der Waals surface area (Å²) in [6.45, 7) is 4.54. The Morgan fingerprint density at radius 3 is 1.71 bits per heavy atom. The molecular weight excluding hydrogens is 104 g/mol. The molecule has 0 unspecified atom stereocenters. The maximum absolute atomic E-state index is 2.27. The molecular formula is C6H12S. The molecule has 2 atom stereocenters. The van der Waals surface area contributed by atoms with E-state index < -0.39 is 0 Å². The van der Waals surface area contributed by atoms with Crippen molar-refractivity contribution in [2.24, 2.45) is 0 Å². The molecule has 0 saturated carbocycles. The molecule has 1 heterocycles. The van der Waals surface area contributed by atoms with Crippen LogP contribution >= 0.6 is 11.8 Å². The third-order valence-electron chi connectivity index (χ3n) is 1.49. The SMILES string of the molecule is CC[C@@H]1S[C@H]1CC. The normalized spacial score (nSPS) is 38.6. The maximum Gasteiger partial charge on any atom is 0.0167 e. The first-order valence-electron chi connectivity index (χ1n) is 3.04. The van der Waals surface area contributed by atoms with Gasteiger partial charge in [-0.15, -0.1) is 0 Å². The summed E-state index contributed by atoms with van der Waals surface area (Å²) in [6, 6.07) is 0. The van der Waals surface area contributed by atoms with E-state index in [0.717, 1.165) is 10.5 Å². The van der Waals surface area contributed by atoms with Crippen molar-refractivity contribution in [1.82, 2.24) is 0 Å². The monoisotopic (exact) mass is 116 g/mol. The number of hydrogen-bond donors (Lipinski definition) is 0. The van der Waals surface area contributed by atoms with Gasteiger partial charge in [0.2, 0.25) is 0 Å². The standard InChI is InChI=1S/C6H12S/c1-3-5-6(4-2)7-5/h5-6H,3-4H2,1-2H3/t5-,6-/m0/s1. The summed E-state index contributed by atoms with van der Waals surface area (Å²) in [5.41, 5.74) is 0. The summed E-state index contributed by atoms with van der Waals surface area (Å²) in [7, 11) is 0. The zero-order valence-corrected chi connectivity index (χ0v) is 5.79. The molecule has 0 aromatic heterocycles. The highest BCUT2D eigenvalue weighted by Crippen LogP contribution is 2.45. The molecule has 0 aromatic carbocycles. The molecule has 0 aliphatic carbocycles. The summed E-state index contributed by atoms with van der Waals surface area (Å²) < 4.78 is 0. The van der Waals surface area contributed by atoms with Crippen LogP contribution in [0.1, 0.15) is 26.7 Å². The van der Waals surface area contributed by atoms with Crippen LogP contribution in [0, 0.1) is 0 Å². The molecule has 1 rings (SSSR count). The van der Waals surface area contributed by atoms with E-state index in [9.17, 15) is 0 Å².